The molecule has 0 aliphatic carbocycles. The van der Waals surface area contributed by atoms with Crippen molar-refractivity contribution in [3.05, 3.63) is 29.3 Å². The number of fused-ring (bicyclic) bond motifs is 1. The molecule has 2 heterocycles. The average molecular weight is 380 g/mol. The zero-order chi connectivity index (χ0) is 19.2. The number of ether oxygens (including phenoxy) is 3. The number of aliphatic hydroxyl groups excluding tert-OH is 1. The average Bonchev–Trinajstić information content (AvgIpc) is 2.86. The molecule has 1 aromatic rings. The third-order valence-corrected chi connectivity index (χ3v) is 5.11. The van der Waals surface area contributed by atoms with Crippen molar-refractivity contribution in [2.75, 3.05) is 26.4 Å². The summed E-state index contributed by atoms with van der Waals surface area (Å²) >= 11 is 0. The second kappa shape index (κ2) is 9.48. The molecule has 0 bridgehead atoms. The summed E-state index contributed by atoms with van der Waals surface area (Å²) in [5.74, 6) is 0.0111. The van der Waals surface area contributed by atoms with Crippen LogP contribution in [0.2, 0.25) is 0 Å². The zero-order valence-corrected chi connectivity index (χ0v) is 15.6. The minimum Gasteiger partial charge on any atom is -0.492 e. The first kappa shape index (κ1) is 20.0. The third-order valence-electron chi connectivity index (χ3n) is 5.11. The van der Waals surface area contributed by atoms with Crippen molar-refractivity contribution in [2.24, 2.45) is 0 Å². The Morgan fingerprint density at radius 2 is 2.19 bits per heavy atom. The topological polar surface area (TPSA) is 100 Å². The van der Waals surface area contributed by atoms with Crippen molar-refractivity contribution in [3.8, 4) is 5.75 Å². The smallest absolute Gasteiger partial charge is 0.274 e. The van der Waals surface area contributed by atoms with Crippen molar-refractivity contribution in [1.29, 1.82) is 0 Å². The first-order valence-corrected chi connectivity index (χ1v) is 9.42. The van der Waals surface area contributed by atoms with Crippen LogP contribution in [0, 0.1) is 0 Å². The van der Waals surface area contributed by atoms with Gasteiger partial charge in [-0.2, -0.15) is 0 Å². The summed E-state index contributed by atoms with van der Waals surface area (Å²) in [7, 11) is 0. The van der Waals surface area contributed by atoms with E-state index < -0.39 is 12.1 Å². The SMILES string of the molecule is C[C@H]1COc2cc(C(=O)NO)ccc2CN1C(O)CCOC1CCOCC1. The molecule has 3 rings (SSSR count). The van der Waals surface area contributed by atoms with E-state index in [0.29, 0.717) is 37.5 Å². The minimum atomic E-state index is -0.644. The molecule has 1 aromatic carbocycles. The molecular weight excluding hydrogens is 352 g/mol. The van der Waals surface area contributed by atoms with Crippen LogP contribution in [0.3, 0.4) is 0 Å². The number of nitrogens with zero attached hydrogens (tertiary/aromatic N) is 1. The van der Waals surface area contributed by atoms with E-state index in [4.69, 9.17) is 19.4 Å². The molecule has 2 aliphatic heterocycles. The molecule has 2 atom stereocenters. The predicted molar refractivity (Wildman–Crippen MR) is 96.6 cm³/mol. The van der Waals surface area contributed by atoms with Crippen LogP contribution in [-0.2, 0) is 16.0 Å². The molecule has 150 valence electrons. The number of aliphatic hydroxyl groups is 1. The van der Waals surface area contributed by atoms with Gasteiger partial charge < -0.3 is 19.3 Å². The molecule has 0 saturated carbocycles. The standard InChI is InChI=1S/C19H28N2O6/c1-13-12-27-17-10-14(19(23)20-24)2-3-15(17)11-21(13)18(22)6-9-26-16-4-7-25-8-5-16/h2-3,10,13,16,18,22,24H,4-9,11-12H2,1H3,(H,20,23)/t13-,18?/m0/s1. The van der Waals surface area contributed by atoms with E-state index >= 15 is 0 Å². The Hall–Kier alpha value is -1.71. The van der Waals surface area contributed by atoms with E-state index in [9.17, 15) is 9.90 Å². The van der Waals surface area contributed by atoms with Crippen molar-refractivity contribution in [3.63, 3.8) is 0 Å². The maximum atomic E-state index is 11.6. The molecule has 8 heteroatoms. The van der Waals surface area contributed by atoms with E-state index in [-0.39, 0.29) is 12.1 Å². The van der Waals surface area contributed by atoms with Crippen LogP contribution in [0.15, 0.2) is 18.2 Å². The maximum absolute atomic E-state index is 11.6. The Kier molecular flexibility index (Phi) is 7.03. The largest absolute Gasteiger partial charge is 0.492 e. The summed E-state index contributed by atoms with van der Waals surface area (Å²) in [5.41, 5.74) is 2.83. The zero-order valence-electron chi connectivity index (χ0n) is 15.6. The number of carbonyl (C=O) groups excluding carboxylic acids is 1. The fourth-order valence-electron chi connectivity index (χ4n) is 3.43. The molecule has 0 aromatic heterocycles. The third kappa shape index (κ3) is 5.18. The number of nitrogens with one attached hydrogen (secondary N) is 1. The second-order valence-electron chi connectivity index (χ2n) is 7.05. The van der Waals surface area contributed by atoms with Gasteiger partial charge in [0.05, 0.1) is 12.7 Å². The van der Waals surface area contributed by atoms with Gasteiger partial charge in [0.1, 0.15) is 18.6 Å². The fourth-order valence-corrected chi connectivity index (χ4v) is 3.43. The maximum Gasteiger partial charge on any atom is 0.274 e. The lowest BCUT2D eigenvalue weighted by atomic mass is 10.1. The van der Waals surface area contributed by atoms with Gasteiger partial charge in [-0.05, 0) is 31.9 Å². The quantitative estimate of drug-likeness (QED) is 0.505. The Labute approximate surface area is 159 Å². The van der Waals surface area contributed by atoms with Gasteiger partial charge in [0, 0.05) is 43.3 Å². The van der Waals surface area contributed by atoms with E-state index in [1.807, 2.05) is 11.8 Å². The number of hydrogen-bond acceptors (Lipinski definition) is 7. The Morgan fingerprint density at radius 1 is 1.41 bits per heavy atom. The van der Waals surface area contributed by atoms with E-state index in [1.165, 1.54) is 0 Å². The molecule has 3 N–H and O–H groups in total. The van der Waals surface area contributed by atoms with E-state index in [0.717, 1.165) is 31.6 Å². The molecular formula is C19H28N2O6. The number of carbonyl (C=O) groups is 1. The number of hydrogen-bond donors (Lipinski definition) is 3. The normalized spacial score (nSPS) is 22.4. The van der Waals surface area contributed by atoms with Crippen molar-refractivity contribution in [1.82, 2.24) is 10.4 Å². The first-order valence-electron chi connectivity index (χ1n) is 9.42. The van der Waals surface area contributed by atoms with E-state index in [2.05, 4.69) is 0 Å². The molecule has 27 heavy (non-hydrogen) atoms. The van der Waals surface area contributed by atoms with E-state index in [1.54, 1.807) is 23.7 Å². The molecule has 0 spiro atoms. The number of hydroxylamine groups is 1. The summed E-state index contributed by atoms with van der Waals surface area (Å²) in [6.07, 6.45) is 1.90. The van der Waals surface area contributed by atoms with Gasteiger partial charge in [-0.15, -0.1) is 0 Å². The van der Waals surface area contributed by atoms with Gasteiger partial charge in [-0.1, -0.05) is 6.07 Å². The van der Waals surface area contributed by atoms with Gasteiger partial charge in [0.15, 0.2) is 0 Å². The summed E-state index contributed by atoms with van der Waals surface area (Å²) in [5, 5.41) is 19.5. The first-order chi connectivity index (χ1) is 13.1. The van der Waals surface area contributed by atoms with Crippen LogP contribution >= 0.6 is 0 Å². The molecule has 1 saturated heterocycles. The van der Waals surface area contributed by atoms with Gasteiger partial charge in [-0.25, -0.2) is 5.48 Å². The monoisotopic (exact) mass is 380 g/mol. The fraction of sp³-hybridized carbons (Fsp3) is 0.632. The number of benzene rings is 1. The lowest BCUT2D eigenvalue weighted by Gasteiger charge is -2.31. The highest BCUT2D eigenvalue weighted by atomic mass is 16.5. The van der Waals surface area contributed by atoms with Crippen LogP contribution in [0.5, 0.6) is 5.75 Å². The molecule has 1 unspecified atom stereocenters. The van der Waals surface area contributed by atoms with Crippen LogP contribution in [0.4, 0.5) is 0 Å². The van der Waals surface area contributed by atoms with Gasteiger partial charge in [0.2, 0.25) is 0 Å². The van der Waals surface area contributed by atoms with Crippen molar-refractivity contribution >= 4 is 5.91 Å². The minimum absolute atomic E-state index is 0.00518. The summed E-state index contributed by atoms with van der Waals surface area (Å²) in [6, 6.07) is 5.03. The number of rotatable bonds is 6. The summed E-state index contributed by atoms with van der Waals surface area (Å²) in [6.45, 7) is 4.88. The van der Waals surface area contributed by atoms with Crippen LogP contribution in [0.25, 0.3) is 0 Å². The Bertz CT molecular complexity index is 635. The molecule has 0 radical (unpaired) electrons. The Morgan fingerprint density at radius 3 is 2.93 bits per heavy atom. The van der Waals surface area contributed by atoms with Crippen molar-refractivity contribution < 1.29 is 29.3 Å². The molecule has 2 aliphatic rings. The van der Waals surface area contributed by atoms with Crippen molar-refractivity contribution in [2.45, 2.75) is 51.1 Å². The predicted octanol–water partition coefficient (Wildman–Crippen LogP) is 1.29. The highest BCUT2D eigenvalue weighted by molar-refractivity contribution is 5.93. The Balaban J connectivity index is 1.59. The van der Waals surface area contributed by atoms with Gasteiger partial charge in [0.25, 0.3) is 5.91 Å². The lowest BCUT2D eigenvalue weighted by Crippen LogP contribution is -2.43. The highest BCUT2D eigenvalue weighted by Crippen LogP contribution is 2.28. The lowest BCUT2D eigenvalue weighted by molar-refractivity contribution is -0.0743. The van der Waals surface area contributed by atoms with Gasteiger partial charge >= 0.3 is 0 Å². The summed E-state index contributed by atoms with van der Waals surface area (Å²) in [4.78, 5) is 13.6. The van der Waals surface area contributed by atoms with Crippen LogP contribution < -0.4 is 10.2 Å². The molecule has 1 fully saturated rings. The van der Waals surface area contributed by atoms with Crippen LogP contribution in [0.1, 0.15) is 42.1 Å². The number of amides is 1. The molecule has 1 amide bonds. The summed E-state index contributed by atoms with van der Waals surface area (Å²) < 4.78 is 17.0. The second-order valence-corrected chi connectivity index (χ2v) is 7.05. The highest BCUT2D eigenvalue weighted by Gasteiger charge is 2.27. The van der Waals surface area contributed by atoms with Gasteiger partial charge in [-0.3, -0.25) is 14.9 Å². The van der Waals surface area contributed by atoms with Crippen LogP contribution in [-0.4, -0.2) is 65.9 Å². The molecule has 8 nitrogen and oxygen atoms in total.